The first-order valence-corrected chi connectivity index (χ1v) is 11.3. The minimum atomic E-state index is 0.0877. The summed E-state index contributed by atoms with van der Waals surface area (Å²) < 4.78 is 1.90. The van der Waals surface area contributed by atoms with Crippen molar-refractivity contribution < 1.29 is 4.79 Å². The van der Waals surface area contributed by atoms with Crippen molar-refractivity contribution in [3.63, 3.8) is 0 Å². The number of anilines is 1. The summed E-state index contributed by atoms with van der Waals surface area (Å²) in [4.78, 5) is 21.2. The van der Waals surface area contributed by atoms with E-state index in [1.54, 1.807) is 13.2 Å². The van der Waals surface area contributed by atoms with Crippen LogP contribution in [0.4, 0.5) is 5.69 Å². The summed E-state index contributed by atoms with van der Waals surface area (Å²) in [5.74, 6) is 0.699. The van der Waals surface area contributed by atoms with Crippen molar-refractivity contribution >= 4 is 17.6 Å². The second-order valence-electron chi connectivity index (χ2n) is 7.96. The molecular weight excluding hydrogens is 414 g/mol. The van der Waals surface area contributed by atoms with Crippen LogP contribution in [0.3, 0.4) is 0 Å². The maximum atomic E-state index is 12.7. The monoisotopic (exact) mass is 445 g/mol. The molecule has 1 saturated heterocycles. The highest BCUT2D eigenvalue weighted by Gasteiger charge is 2.21. The highest BCUT2D eigenvalue weighted by Crippen LogP contribution is 2.15. The van der Waals surface area contributed by atoms with Gasteiger partial charge in [-0.3, -0.25) is 14.5 Å². The lowest BCUT2D eigenvalue weighted by Gasteiger charge is -2.36. The molecule has 0 radical (unpaired) electrons. The minimum absolute atomic E-state index is 0.0877. The zero-order valence-electron chi connectivity index (χ0n) is 19.0. The molecule has 0 saturated carbocycles. The lowest BCUT2D eigenvalue weighted by molar-refractivity contribution is -0.130. The molecule has 1 amide bonds. The largest absolute Gasteiger partial charge is 0.368 e. The van der Waals surface area contributed by atoms with Crippen LogP contribution < -0.4 is 15.5 Å². The van der Waals surface area contributed by atoms with Crippen molar-refractivity contribution in [3.8, 4) is 0 Å². The Labute approximate surface area is 194 Å². The molecule has 8 nitrogen and oxygen atoms in total. The average Bonchev–Trinajstić information content (AvgIpc) is 3.38. The first-order chi connectivity index (χ1) is 16.2. The maximum Gasteiger partial charge on any atom is 0.242 e. The molecule has 1 aliphatic heterocycles. The highest BCUT2D eigenvalue weighted by atomic mass is 16.2. The van der Waals surface area contributed by atoms with E-state index >= 15 is 0 Å². The van der Waals surface area contributed by atoms with Gasteiger partial charge in [-0.1, -0.05) is 42.5 Å². The number of carbonyl (C=O) groups excluding carboxylic acids is 1. The van der Waals surface area contributed by atoms with Gasteiger partial charge in [-0.05, 0) is 29.3 Å². The van der Waals surface area contributed by atoms with E-state index in [1.165, 1.54) is 16.8 Å². The molecule has 0 atom stereocenters. The molecule has 2 aromatic carbocycles. The average molecular weight is 446 g/mol. The fourth-order valence-corrected chi connectivity index (χ4v) is 3.98. The molecule has 3 aromatic rings. The number of rotatable bonds is 7. The molecule has 0 spiro atoms. The number of hydrogen-bond donors (Lipinski definition) is 2. The summed E-state index contributed by atoms with van der Waals surface area (Å²) in [6.07, 6.45) is 3.74. The van der Waals surface area contributed by atoms with Crippen LogP contribution in [-0.2, 0) is 17.9 Å². The molecule has 33 heavy (non-hydrogen) atoms. The van der Waals surface area contributed by atoms with Gasteiger partial charge in [0.25, 0.3) is 0 Å². The van der Waals surface area contributed by atoms with Gasteiger partial charge in [-0.25, -0.2) is 0 Å². The van der Waals surface area contributed by atoms with E-state index in [1.807, 2.05) is 52.2 Å². The van der Waals surface area contributed by atoms with Crippen LogP contribution in [0.15, 0.2) is 78.0 Å². The van der Waals surface area contributed by atoms with Crippen molar-refractivity contribution in [1.82, 2.24) is 25.3 Å². The molecule has 2 N–H and O–H groups in total. The quantitative estimate of drug-likeness (QED) is 0.429. The summed E-state index contributed by atoms with van der Waals surface area (Å²) in [7, 11) is 1.72. The van der Waals surface area contributed by atoms with Crippen molar-refractivity contribution in [2.24, 2.45) is 4.99 Å². The van der Waals surface area contributed by atoms with Gasteiger partial charge >= 0.3 is 0 Å². The predicted molar refractivity (Wildman–Crippen MR) is 131 cm³/mol. The number of nitrogens with zero attached hydrogens (tertiary/aromatic N) is 5. The molecule has 0 bridgehead atoms. The van der Waals surface area contributed by atoms with E-state index in [4.69, 9.17) is 0 Å². The van der Waals surface area contributed by atoms with Crippen molar-refractivity contribution in [2.45, 2.75) is 13.1 Å². The second-order valence-corrected chi connectivity index (χ2v) is 7.96. The Bertz CT molecular complexity index is 1040. The number of aliphatic imine (C=N–C) groups is 1. The van der Waals surface area contributed by atoms with Gasteiger partial charge in [0.15, 0.2) is 5.96 Å². The molecule has 4 rings (SSSR count). The zero-order chi connectivity index (χ0) is 22.9. The molecular formula is C25H31N7O. The molecule has 1 aliphatic rings. The summed E-state index contributed by atoms with van der Waals surface area (Å²) >= 11 is 0. The topological polar surface area (TPSA) is 77.8 Å². The molecule has 1 fully saturated rings. The molecule has 0 aliphatic carbocycles. The summed E-state index contributed by atoms with van der Waals surface area (Å²) in [6, 6.07) is 20.5. The number of nitrogens with one attached hydrogen (secondary N) is 2. The van der Waals surface area contributed by atoms with E-state index < -0.39 is 0 Å². The maximum absolute atomic E-state index is 12.7. The van der Waals surface area contributed by atoms with Crippen LogP contribution in [0.1, 0.15) is 11.1 Å². The Morgan fingerprint density at radius 2 is 1.67 bits per heavy atom. The van der Waals surface area contributed by atoms with E-state index in [-0.39, 0.29) is 12.5 Å². The van der Waals surface area contributed by atoms with E-state index in [2.05, 4.69) is 49.9 Å². The van der Waals surface area contributed by atoms with E-state index in [0.717, 1.165) is 26.2 Å². The van der Waals surface area contributed by atoms with Crippen LogP contribution in [0.5, 0.6) is 0 Å². The molecule has 8 heteroatoms. The fourth-order valence-electron chi connectivity index (χ4n) is 3.98. The number of piperazine rings is 1. The van der Waals surface area contributed by atoms with Gasteiger partial charge in [-0.15, -0.1) is 0 Å². The van der Waals surface area contributed by atoms with Gasteiger partial charge in [0.1, 0.15) is 0 Å². The molecule has 172 valence electrons. The number of hydrogen-bond acceptors (Lipinski definition) is 4. The van der Waals surface area contributed by atoms with Crippen LogP contribution in [-0.4, -0.2) is 66.3 Å². The second kappa shape index (κ2) is 11.2. The third-order valence-electron chi connectivity index (χ3n) is 5.84. The Morgan fingerprint density at radius 1 is 0.939 bits per heavy atom. The van der Waals surface area contributed by atoms with Crippen molar-refractivity contribution in [2.75, 3.05) is 44.7 Å². The minimum Gasteiger partial charge on any atom is -0.368 e. The highest BCUT2D eigenvalue weighted by molar-refractivity contribution is 5.86. The zero-order valence-corrected chi connectivity index (χ0v) is 19.0. The Morgan fingerprint density at radius 3 is 2.36 bits per heavy atom. The van der Waals surface area contributed by atoms with Gasteiger partial charge in [0.2, 0.25) is 5.91 Å². The Kier molecular flexibility index (Phi) is 7.58. The third kappa shape index (κ3) is 6.12. The fraction of sp³-hybridized carbons (Fsp3) is 0.320. The molecule has 2 heterocycles. The summed E-state index contributed by atoms with van der Waals surface area (Å²) in [6.45, 7) is 4.68. The Hall–Kier alpha value is -3.81. The van der Waals surface area contributed by atoms with Crippen molar-refractivity contribution in [1.29, 1.82) is 0 Å². The van der Waals surface area contributed by atoms with Gasteiger partial charge in [0.05, 0.1) is 13.1 Å². The predicted octanol–water partition coefficient (Wildman–Crippen LogP) is 1.95. The van der Waals surface area contributed by atoms with Crippen LogP contribution in [0.2, 0.25) is 0 Å². The van der Waals surface area contributed by atoms with Crippen LogP contribution >= 0.6 is 0 Å². The first kappa shape index (κ1) is 22.4. The van der Waals surface area contributed by atoms with Crippen LogP contribution in [0.25, 0.3) is 0 Å². The normalized spacial score (nSPS) is 14.3. The van der Waals surface area contributed by atoms with Gasteiger partial charge in [0, 0.05) is 57.9 Å². The smallest absolute Gasteiger partial charge is 0.242 e. The first-order valence-electron chi connectivity index (χ1n) is 11.3. The van der Waals surface area contributed by atoms with Crippen molar-refractivity contribution in [3.05, 3.63) is 84.2 Å². The Balaban J connectivity index is 1.24. The number of benzene rings is 2. The molecule has 1 aromatic heterocycles. The van der Waals surface area contributed by atoms with E-state index in [9.17, 15) is 4.79 Å². The van der Waals surface area contributed by atoms with Gasteiger partial charge in [-0.2, -0.15) is 5.10 Å². The lowest BCUT2D eigenvalue weighted by atomic mass is 10.1. The standard InChI is InChI=1S/C25H31N7O/c1-26-25(27-18-21-8-5-6-9-22(21)20-32-13-7-12-29-32)28-19-24(33)31-16-14-30(15-17-31)23-10-3-2-4-11-23/h2-13H,14-20H2,1H3,(H2,26,27,28). The van der Waals surface area contributed by atoms with Crippen LogP contribution in [0, 0.1) is 0 Å². The summed E-state index contributed by atoms with van der Waals surface area (Å²) in [5.41, 5.74) is 3.57. The van der Waals surface area contributed by atoms with Gasteiger partial charge < -0.3 is 20.4 Å². The van der Waals surface area contributed by atoms with E-state index in [0.29, 0.717) is 19.0 Å². The SMILES string of the molecule is CN=C(NCC(=O)N1CCN(c2ccccc2)CC1)NCc1ccccc1Cn1cccn1. The number of carbonyl (C=O) groups is 1. The lowest BCUT2D eigenvalue weighted by Crippen LogP contribution is -2.52. The number of para-hydroxylation sites is 1. The third-order valence-corrected chi connectivity index (χ3v) is 5.84. The molecule has 0 unspecified atom stereocenters. The number of aromatic nitrogens is 2. The number of amides is 1. The summed E-state index contributed by atoms with van der Waals surface area (Å²) in [5, 5.41) is 10.8. The number of guanidine groups is 1.